The lowest BCUT2D eigenvalue weighted by Gasteiger charge is -2.11. The molecule has 0 radical (unpaired) electrons. The van der Waals surface area contributed by atoms with Crippen LogP contribution in [0.25, 0.3) is 6.08 Å². The molecule has 0 saturated heterocycles. The van der Waals surface area contributed by atoms with Crippen LogP contribution in [0.1, 0.15) is 21.5 Å². The maximum atomic E-state index is 12.9. The highest BCUT2D eigenvalue weighted by Gasteiger charge is 2.27. The van der Waals surface area contributed by atoms with Gasteiger partial charge >= 0.3 is 11.9 Å². The maximum Gasteiger partial charge on any atom is 0.363 e. The summed E-state index contributed by atoms with van der Waals surface area (Å²) in [6, 6.07) is 15.1. The Morgan fingerprint density at radius 2 is 1.85 bits per heavy atom. The van der Waals surface area contributed by atoms with Gasteiger partial charge in [-0.15, -0.1) is 0 Å². The average Bonchev–Trinajstić information content (AvgIpc) is 3.42. The molecule has 2 aliphatic rings. The third-order valence-electron chi connectivity index (χ3n) is 4.86. The molecule has 2 heterocycles. The van der Waals surface area contributed by atoms with E-state index in [1.165, 1.54) is 6.08 Å². The molecule has 0 saturated carbocycles. The molecule has 0 spiro atoms. The van der Waals surface area contributed by atoms with E-state index in [0.717, 1.165) is 0 Å². The van der Waals surface area contributed by atoms with Gasteiger partial charge in [0.1, 0.15) is 0 Å². The molecule has 5 rings (SSSR count). The summed E-state index contributed by atoms with van der Waals surface area (Å²) in [6.45, 7) is 0.0939. The monoisotopic (exact) mass is 603 g/mol. The standard InChI is InChI=1S/C24H12Br2ClNO6/c25-14-7-13(8-18-24(30)34-22(28-18)15-3-1-2-4-17(15)27)21(16(26)10-14)33-23(29)12-5-6-19-20(9-12)32-11-31-19/h1-10H,11H2/b18-8-. The molecule has 170 valence electrons. The number of halogens is 3. The Hall–Kier alpha value is -3.14. The summed E-state index contributed by atoms with van der Waals surface area (Å²) in [5, 5.41) is 0.402. The molecule has 0 unspecified atom stereocenters. The maximum absolute atomic E-state index is 12.9. The topological polar surface area (TPSA) is 83.4 Å². The van der Waals surface area contributed by atoms with E-state index in [9.17, 15) is 9.59 Å². The minimum absolute atomic E-state index is 0.0281. The van der Waals surface area contributed by atoms with E-state index >= 15 is 0 Å². The van der Waals surface area contributed by atoms with E-state index < -0.39 is 11.9 Å². The van der Waals surface area contributed by atoms with Gasteiger partial charge in [-0.05, 0) is 64.5 Å². The van der Waals surface area contributed by atoms with Gasteiger partial charge in [0.15, 0.2) is 22.9 Å². The van der Waals surface area contributed by atoms with Gasteiger partial charge in [-0.1, -0.05) is 39.7 Å². The zero-order chi connectivity index (χ0) is 23.8. The number of cyclic esters (lactones) is 1. The second-order valence-electron chi connectivity index (χ2n) is 7.08. The number of ether oxygens (including phenoxy) is 4. The van der Waals surface area contributed by atoms with Gasteiger partial charge in [0.25, 0.3) is 0 Å². The van der Waals surface area contributed by atoms with Gasteiger partial charge in [0.2, 0.25) is 12.7 Å². The van der Waals surface area contributed by atoms with E-state index in [4.69, 9.17) is 30.5 Å². The first-order valence-corrected chi connectivity index (χ1v) is 11.7. The van der Waals surface area contributed by atoms with Crippen LogP contribution in [0.15, 0.2) is 74.2 Å². The number of nitrogens with zero attached hydrogens (tertiary/aromatic N) is 1. The molecule has 10 heteroatoms. The normalized spacial score (nSPS) is 15.3. The van der Waals surface area contributed by atoms with Gasteiger partial charge in [0.05, 0.1) is 20.6 Å². The van der Waals surface area contributed by atoms with Gasteiger partial charge < -0.3 is 18.9 Å². The molecular weight excluding hydrogens is 594 g/mol. The summed E-state index contributed by atoms with van der Waals surface area (Å²) in [6.07, 6.45) is 1.48. The smallest absolute Gasteiger partial charge is 0.363 e. The summed E-state index contributed by atoms with van der Waals surface area (Å²) < 4.78 is 22.8. The number of carbonyl (C=O) groups is 2. The van der Waals surface area contributed by atoms with Crippen molar-refractivity contribution in [2.75, 3.05) is 6.79 Å². The zero-order valence-corrected chi connectivity index (χ0v) is 20.9. The predicted molar refractivity (Wildman–Crippen MR) is 131 cm³/mol. The fourth-order valence-electron chi connectivity index (χ4n) is 3.28. The van der Waals surface area contributed by atoms with Gasteiger partial charge in [-0.3, -0.25) is 0 Å². The van der Waals surface area contributed by atoms with Crippen molar-refractivity contribution in [2.24, 2.45) is 4.99 Å². The number of benzene rings is 3. The summed E-state index contributed by atoms with van der Waals surface area (Å²) in [5.41, 5.74) is 1.22. The summed E-state index contributed by atoms with van der Waals surface area (Å²) >= 11 is 13.0. The van der Waals surface area contributed by atoms with Crippen LogP contribution in [0.4, 0.5) is 0 Å². The van der Waals surface area contributed by atoms with Crippen molar-refractivity contribution in [2.45, 2.75) is 0 Å². The largest absolute Gasteiger partial charge is 0.454 e. The summed E-state index contributed by atoms with van der Waals surface area (Å²) in [5.74, 6) is 0.0391. The number of carbonyl (C=O) groups excluding carboxylic acids is 2. The second kappa shape index (κ2) is 9.25. The Balaban J connectivity index is 1.49. The Bertz CT molecular complexity index is 1420. The minimum atomic E-state index is -0.654. The van der Waals surface area contributed by atoms with Crippen molar-refractivity contribution in [3.05, 3.63) is 91.0 Å². The lowest BCUT2D eigenvalue weighted by Crippen LogP contribution is -2.10. The van der Waals surface area contributed by atoms with Gasteiger partial charge in [-0.25, -0.2) is 14.6 Å². The van der Waals surface area contributed by atoms with Crippen LogP contribution < -0.4 is 14.2 Å². The number of fused-ring (bicyclic) bond motifs is 1. The van der Waals surface area contributed by atoms with Crippen molar-refractivity contribution in [1.82, 2.24) is 0 Å². The van der Waals surface area contributed by atoms with E-state index in [0.29, 0.717) is 36.6 Å². The van der Waals surface area contributed by atoms with Crippen LogP contribution in [-0.2, 0) is 9.53 Å². The van der Waals surface area contributed by atoms with E-state index in [1.807, 2.05) is 0 Å². The molecule has 0 bridgehead atoms. The molecule has 0 amide bonds. The third-order valence-corrected chi connectivity index (χ3v) is 6.23. The lowest BCUT2D eigenvalue weighted by atomic mass is 10.1. The summed E-state index contributed by atoms with van der Waals surface area (Å²) in [4.78, 5) is 29.7. The first-order valence-electron chi connectivity index (χ1n) is 9.77. The van der Waals surface area contributed by atoms with Crippen molar-refractivity contribution in [3.8, 4) is 17.2 Å². The van der Waals surface area contributed by atoms with E-state index in [2.05, 4.69) is 36.9 Å². The molecule has 34 heavy (non-hydrogen) atoms. The molecule has 3 aromatic carbocycles. The highest BCUT2D eigenvalue weighted by atomic mass is 79.9. The first-order chi connectivity index (χ1) is 16.4. The van der Waals surface area contributed by atoms with Crippen LogP contribution in [0.2, 0.25) is 5.02 Å². The molecule has 3 aromatic rings. The van der Waals surface area contributed by atoms with Gasteiger partial charge in [0, 0.05) is 10.0 Å². The van der Waals surface area contributed by atoms with E-state index in [-0.39, 0.29) is 29.7 Å². The number of hydrogen-bond acceptors (Lipinski definition) is 7. The van der Waals surface area contributed by atoms with Crippen molar-refractivity contribution < 1.29 is 28.5 Å². The van der Waals surface area contributed by atoms with Crippen molar-refractivity contribution in [3.63, 3.8) is 0 Å². The fourth-order valence-corrected chi connectivity index (χ4v) is 4.83. The Morgan fingerprint density at radius 1 is 1.06 bits per heavy atom. The number of rotatable bonds is 4. The molecule has 7 nitrogen and oxygen atoms in total. The zero-order valence-electron chi connectivity index (χ0n) is 17.0. The van der Waals surface area contributed by atoms with Crippen molar-refractivity contribution in [1.29, 1.82) is 0 Å². The molecule has 0 aromatic heterocycles. The predicted octanol–water partition coefficient (Wildman–Crippen LogP) is 6.16. The molecule has 0 atom stereocenters. The van der Waals surface area contributed by atoms with Crippen LogP contribution in [0.3, 0.4) is 0 Å². The number of hydrogen-bond donors (Lipinski definition) is 0. The number of esters is 2. The van der Waals surface area contributed by atoms with Crippen molar-refractivity contribution >= 4 is 67.4 Å². The Labute approximate surface area is 215 Å². The van der Waals surface area contributed by atoms with Crippen LogP contribution in [-0.4, -0.2) is 24.6 Å². The van der Waals surface area contributed by atoms with Crippen LogP contribution in [0, 0.1) is 0 Å². The second-order valence-corrected chi connectivity index (χ2v) is 9.26. The molecule has 0 aliphatic carbocycles. The van der Waals surface area contributed by atoms with Crippen LogP contribution in [0.5, 0.6) is 17.2 Å². The summed E-state index contributed by atoms with van der Waals surface area (Å²) in [7, 11) is 0. The highest BCUT2D eigenvalue weighted by Crippen LogP contribution is 2.37. The quantitative estimate of drug-likeness (QED) is 0.201. The Kier molecular flexibility index (Phi) is 6.16. The molecule has 2 aliphatic heterocycles. The van der Waals surface area contributed by atoms with E-state index in [1.54, 1.807) is 54.6 Å². The molecular formula is C24H12Br2ClNO6. The average molecular weight is 606 g/mol. The lowest BCUT2D eigenvalue weighted by molar-refractivity contribution is -0.129. The fraction of sp³-hybridized carbons (Fsp3) is 0.0417. The molecule has 0 N–H and O–H groups in total. The SMILES string of the molecule is O=C1OC(c2ccccc2Cl)=N/C1=C\c1cc(Br)cc(Br)c1OC(=O)c1ccc2c(c1)OCO2. The number of aliphatic imine (C=N–C) groups is 1. The minimum Gasteiger partial charge on any atom is -0.454 e. The molecule has 0 fully saturated rings. The third kappa shape index (κ3) is 4.46. The van der Waals surface area contributed by atoms with Gasteiger partial charge in [-0.2, -0.15) is 0 Å². The first kappa shape index (κ1) is 22.6. The highest BCUT2D eigenvalue weighted by molar-refractivity contribution is 9.11. The Morgan fingerprint density at radius 3 is 2.68 bits per heavy atom. The van der Waals surface area contributed by atoms with Crippen LogP contribution >= 0.6 is 43.5 Å².